The largest absolute Gasteiger partial charge is 0.324 e. The molecular formula is C20H17ClN2O2S. The van der Waals surface area contributed by atoms with Crippen LogP contribution in [0, 0.1) is 6.92 Å². The molecule has 4 nitrogen and oxygen atoms in total. The summed E-state index contributed by atoms with van der Waals surface area (Å²) in [5.74, 6) is -0.435. The molecule has 1 heterocycles. The Morgan fingerprint density at radius 1 is 1.00 bits per heavy atom. The Morgan fingerprint density at radius 3 is 2.54 bits per heavy atom. The van der Waals surface area contributed by atoms with Crippen LogP contribution in [0.4, 0.5) is 11.4 Å². The highest BCUT2D eigenvalue weighted by molar-refractivity contribution is 7.10. The van der Waals surface area contributed by atoms with Crippen LogP contribution >= 0.6 is 22.9 Å². The second kappa shape index (κ2) is 8.17. The maximum absolute atomic E-state index is 12.5. The molecule has 0 aliphatic heterocycles. The SMILES string of the molecule is Cc1ccccc1NC(=O)c1ccc(Cl)c(NC(=O)Cc2cccs2)c1. The lowest BCUT2D eigenvalue weighted by Gasteiger charge is -2.11. The van der Waals surface area contributed by atoms with Gasteiger partial charge in [0.15, 0.2) is 0 Å². The summed E-state index contributed by atoms with van der Waals surface area (Å²) in [7, 11) is 0. The van der Waals surface area contributed by atoms with Gasteiger partial charge in [-0.1, -0.05) is 35.9 Å². The molecule has 1 aromatic heterocycles. The first-order chi connectivity index (χ1) is 12.5. The van der Waals surface area contributed by atoms with Crippen LogP contribution in [0.3, 0.4) is 0 Å². The molecule has 0 aliphatic carbocycles. The Hall–Kier alpha value is -2.63. The molecule has 0 aliphatic rings. The van der Waals surface area contributed by atoms with Crippen molar-refractivity contribution in [1.29, 1.82) is 0 Å². The fourth-order valence-corrected chi connectivity index (χ4v) is 3.30. The summed E-state index contributed by atoms with van der Waals surface area (Å²) in [6.45, 7) is 1.92. The second-order valence-corrected chi connectivity index (χ2v) is 7.21. The molecule has 0 bridgehead atoms. The van der Waals surface area contributed by atoms with Crippen LogP contribution in [-0.4, -0.2) is 11.8 Å². The van der Waals surface area contributed by atoms with E-state index in [0.717, 1.165) is 16.1 Å². The van der Waals surface area contributed by atoms with Gasteiger partial charge in [-0.3, -0.25) is 9.59 Å². The number of thiophene rings is 1. The van der Waals surface area contributed by atoms with Gasteiger partial charge >= 0.3 is 0 Å². The van der Waals surface area contributed by atoms with Crippen molar-refractivity contribution < 1.29 is 9.59 Å². The van der Waals surface area contributed by atoms with E-state index in [2.05, 4.69) is 10.6 Å². The zero-order valence-electron chi connectivity index (χ0n) is 14.1. The average Bonchev–Trinajstić information content (AvgIpc) is 3.11. The van der Waals surface area contributed by atoms with Gasteiger partial charge in [-0.15, -0.1) is 11.3 Å². The third-order valence-corrected chi connectivity index (χ3v) is 5.02. The first kappa shape index (κ1) is 18.2. The number of hydrogen-bond acceptors (Lipinski definition) is 3. The fraction of sp³-hybridized carbons (Fsp3) is 0.100. The van der Waals surface area contributed by atoms with Crippen LogP contribution in [0.25, 0.3) is 0 Å². The quantitative estimate of drug-likeness (QED) is 0.639. The van der Waals surface area contributed by atoms with Crippen molar-refractivity contribution in [3.63, 3.8) is 0 Å². The Kier molecular flexibility index (Phi) is 5.71. The van der Waals surface area contributed by atoms with Crippen LogP contribution in [-0.2, 0) is 11.2 Å². The number of halogens is 1. The number of aryl methyl sites for hydroxylation is 1. The number of para-hydroxylation sites is 1. The summed E-state index contributed by atoms with van der Waals surface area (Å²) >= 11 is 7.69. The molecule has 0 spiro atoms. The molecule has 132 valence electrons. The monoisotopic (exact) mass is 384 g/mol. The number of anilines is 2. The normalized spacial score (nSPS) is 10.4. The lowest BCUT2D eigenvalue weighted by atomic mass is 10.1. The molecule has 0 radical (unpaired) electrons. The van der Waals surface area contributed by atoms with E-state index in [0.29, 0.717) is 16.3 Å². The van der Waals surface area contributed by atoms with E-state index in [-0.39, 0.29) is 18.2 Å². The molecule has 0 saturated carbocycles. The summed E-state index contributed by atoms with van der Waals surface area (Å²) in [5, 5.41) is 7.95. The molecule has 2 aromatic carbocycles. The number of carbonyl (C=O) groups is 2. The Morgan fingerprint density at radius 2 is 1.81 bits per heavy atom. The van der Waals surface area contributed by atoms with Gasteiger partial charge in [0.2, 0.25) is 5.91 Å². The molecule has 0 atom stereocenters. The first-order valence-corrected chi connectivity index (χ1v) is 9.27. The smallest absolute Gasteiger partial charge is 0.255 e. The molecule has 6 heteroatoms. The van der Waals surface area contributed by atoms with Crippen LogP contribution in [0.1, 0.15) is 20.8 Å². The van der Waals surface area contributed by atoms with Crippen molar-refractivity contribution in [2.24, 2.45) is 0 Å². The van der Waals surface area contributed by atoms with Gasteiger partial charge in [-0.25, -0.2) is 0 Å². The maximum Gasteiger partial charge on any atom is 0.255 e. The van der Waals surface area contributed by atoms with Crippen LogP contribution < -0.4 is 10.6 Å². The van der Waals surface area contributed by atoms with Crippen molar-refractivity contribution in [1.82, 2.24) is 0 Å². The van der Waals surface area contributed by atoms with Gasteiger partial charge in [-0.2, -0.15) is 0 Å². The molecule has 2 amide bonds. The predicted octanol–water partition coefficient (Wildman–Crippen LogP) is 5.14. The lowest BCUT2D eigenvalue weighted by molar-refractivity contribution is -0.115. The topological polar surface area (TPSA) is 58.2 Å². The van der Waals surface area contributed by atoms with Crippen LogP contribution in [0.2, 0.25) is 5.02 Å². The Labute approximate surface area is 160 Å². The fourth-order valence-electron chi connectivity index (χ4n) is 2.44. The summed E-state index contributed by atoms with van der Waals surface area (Å²) in [6.07, 6.45) is 0.271. The molecule has 2 N–H and O–H groups in total. The number of hydrogen-bond donors (Lipinski definition) is 2. The van der Waals surface area contributed by atoms with Crippen molar-refractivity contribution in [2.75, 3.05) is 10.6 Å². The summed E-state index contributed by atoms with van der Waals surface area (Å²) in [6, 6.07) is 16.2. The second-order valence-electron chi connectivity index (χ2n) is 5.77. The highest BCUT2D eigenvalue weighted by Gasteiger charge is 2.13. The van der Waals surface area contributed by atoms with Crippen molar-refractivity contribution in [3.8, 4) is 0 Å². The highest BCUT2D eigenvalue weighted by Crippen LogP contribution is 2.24. The van der Waals surface area contributed by atoms with Gasteiger partial charge in [0.25, 0.3) is 5.91 Å². The molecular weight excluding hydrogens is 368 g/mol. The van der Waals surface area contributed by atoms with Crippen LogP contribution in [0.5, 0.6) is 0 Å². The maximum atomic E-state index is 12.5. The molecule has 3 aromatic rings. The van der Waals surface area contributed by atoms with E-state index >= 15 is 0 Å². The standard InChI is InChI=1S/C20H17ClN2O2S/c1-13-5-2-3-7-17(13)23-20(25)14-8-9-16(21)18(11-14)22-19(24)12-15-6-4-10-26-15/h2-11H,12H2,1H3,(H,22,24)(H,23,25). The van der Waals surface area contributed by atoms with Gasteiger partial charge in [0.1, 0.15) is 0 Å². The minimum Gasteiger partial charge on any atom is -0.324 e. The van der Waals surface area contributed by atoms with Crippen molar-refractivity contribution in [3.05, 3.63) is 81.0 Å². The molecule has 0 fully saturated rings. The van der Waals surface area contributed by atoms with E-state index in [9.17, 15) is 9.59 Å². The Bertz CT molecular complexity index is 939. The van der Waals surface area contributed by atoms with Gasteiger partial charge in [0.05, 0.1) is 17.1 Å². The van der Waals surface area contributed by atoms with Crippen molar-refractivity contribution >= 4 is 46.1 Å². The van der Waals surface area contributed by atoms with Gasteiger partial charge in [-0.05, 0) is 48.2 Å². The zero-order chi connectivity index (χ0) is 18.5. The summed E-state index contributed by atoms with van der Waals surface area (Å²) in [5.41, 5.74) is 2.56. The lowest BCUT2D eigenvalue weighted by Crippen LogP contribution is -2.16. The van der Waals surface area contributed by atoms with E-state index in [4.69, 9.17) is 11.6 Å². The number of amides is 2. The Balaban J connectivity index is 1.73. The summed E-state index contributed by atoms with van der Waals surface area (Å²) in [4.78, 5) is 25.7. The zero-order valence-corrected chi connectivity index (χ0v) is 15.7. The van der Waals surface area contributed by atoms with E-state index < -0.39 is 0 Å². The highest BCUT2D eigenvalue weighted by atomic mass is 35.5. The number of rotatable bonds is 5. The van der Waals surface area contributed by atoms with Crippen molar-refractivity contribution in [2.45, 2.75) is 13.3 Å². The van der Waals surface area contributed by atoms with Gasteiger partial charge in [0, 0.05) is 16.1 Å². The molecule has 0 saturated heterocycles. The first-order valence-electron chi connectivity index (χ1n) is 8.01. The van der Waals surface area contributed by atoms with E-state index in [1.807, 2.05) is 48.7 Å². The molecule has 0 unspecified atom stereocenters. The predicted molar refractivity (Wildman–Crippen MR) is 107 cm³/mol. The third-order valence-electron chi connectivity index (χ3n) is 3.81. The number of nitrogens with one attached hydrogen (secondary N) is 2. The molecule has 3 rings (SSSR count). The van der Waals surface area contributed by atoms with E-state index in [1.54, 1.807) is 18.2 Å². The number of benzene rings is 2. The van der Waals surface area contributed by atoms with Gasteiger partial charge < -0.3 is 10.6 Å². The van der Waals surface area contributed by atoms with E-state index in [1.165, 1.54) is 11.3 Å². The third kappa shape index (κ3) is 4.50. The minimum atomic E-state index is -0.260. The average molecular weight is 385 g/mol. The van der Waals surface area contributed by atoms with Crippen LogP contribution in [0.15, 0.2) is 60.0 Å². The number of carbonyl (C=O) groups excluding carboxylic acids is 2. The molecule has 26 heavy (non-hydrogen) atoms. The summed E-state index contributed by atoms with van der Waals surface area (Å²) < 4.78 is 0. The minimum absolute atomic E-state index is 0.175.